The molecule has 0 spiro atoms. The van der Waals surface area contributed by atoms with Gasteiger partial charge in [-0.2, -0.15) is 0 Å². The zero-order valence-electron chi connectivity index (χ0n) is 11.1. The number of hydrogen-bond donors (Lipinski definition) is 1. The molecule has 1 unspecified atom stereocenters. The normalized spacial score (nSPS) is 18.8. The molecule has 0 aliphatic carbocycles. The van der Waals surface area contributed by atoms with E-state index in [1.54, 1.807) is 12.1 Å². The third-order valence-electron chi connectivity index (χ3n) is 3.21. The van der Waals surface area contributed by atoms with Crippen LogP contribution in [0.3, 0.4) is 0 Å². The fourth-order valence-electron chi connectivity index (χ4n) is 2.31. The summed E-state index contributed by atoms with van der Waals surface area (Å²) >= 11 is 0. The number of ether oxygens (including phenoxy) is 1. The first kappa shape index (κ1) is 10.4. The van der Waals surface area contributed by atoms with Crippen molar-refractivity contribution >= 4 is 11.7 Å². The summed E-state index contributed by atoms with van der Waals surface area (Å²) in [7, 11) is 3.33. The van der Waals surface area contributed by atoms with E-state index in [4.69, 9.17) is 1.37 Å². The molecular formula is C13H17NO3. The number of likely N-dealkylation sites (N-methyl/N-ethyl adjacent to an activating group) is 1. The van der Waals surface area contributed by atoms with Crippen LogP contribution in [0.2, 0.25) is 0 Å². The average molecular weight is 236 g/mol. The summed E-state index contributed by atoms with van der Waals surface area (Å²) in [4.78, 5) is 13.2. The largest absolute Gasteiger partial charge is 0.508 e. The van der Waals surface area contributed by atoms with Crippen LogP contribution in [0.1, 0.15) is 25.7 Å². The minimum Gasteiger partial charge on any atom is -0.508 e. The Morgan fingerprint density at radius 1 is 1.76 bits per heavy atom. The van der Waals surface area contributed by atoms with Crippen LogP contribution in [0.15, 0.2) is 18.2 Å². The molecule has 0 radical (unpaired) electrons. The van der Waals surface area contributed by atoms with Crippen molar-refractivity contribution in [2.75, 3.05) is 25.6 Å². The van der Waals surface area contributed by atoms with Gasteiger partial charge in [0.1, 0.15) is 5.75 Å². The Hall–Kier alpha value is -1.71. The van der Waals surface area contributed by atoms with Crippen LogP contribution in [0.5, 0.6) is 5.75 Å². The minimum absolute atomic E-state index is 0.00535. The molecule has 0 aromatic heterocycles. The molecule has 1 atom stereocenters. The molecule has 4 heteroatoms. The Kier molecular flexibility index (Phi) is 2.86. The SMILES string of the molecule is [2H]c1cc2c(cc1O)N(C)CC2CCC(=O)OC. The number of nitrogens with zero attached hydrogens (tertiary/aromatic N) is 1. The lowest BCUT2D eigenvalue weighted by Crippen LogP contribution is -2.16. The maximum Gasteiger partial charge on any atom is 0.305 e. The number of carbonyl (C=O) groups is 1. The Morgan fingerprint density at radius 2 is 2.53 bits per heavy atom. The van der Waals surface area contributed by atoms with Crippen LogP contribution in [0, 0.1) is 0 Å². The lowest BCUT2D eigenvalue weighted by Gasteiger charge is -2.12. The number of anilines is 1. The molecule has 1 aliphatic heterocycles. The summed E-state index contributed by atoms with van der Waals surface area (Å²) in [6.45, 7) is 0.801. The van der Waals surface area contributed by atoms with E-state index < -0.39 is 0 Å². The molecule has 1 aromatic rings. The number of methoxy groups -OCH3 is 1. The van der Waals surface area contributed by atoms with Crippen molar-refractivity contribution in [2.45, 2.75) is 18.8 Å². The van der Waals surface area contributed by atoms with Crippen molar-refractivity contribution in [1.29, 1.82) is 0 Å². The Balaban J connectivity index is 2.19. The lowest BCUT2D eigenvalue weighted by atomic mass is 9.96. The van der Waals surface area contributed by atoms with Crippen molar-refractivity contribution in [1.82, 2.24) is 0 Å². The van der Waals surface area contributed by atoms with Crippen molar-refractivity contribution in [3.63, 3.8) is 0 Å². The van der Waals surface area contributed by atoms with Gasteiger partial charge < -0.3 is 14.7 Å². The van der Waals surface area contributed by atoms with Crippen LogP contribution in [-0.4, -0.2) is 31.8 Å². The van der Waals surface area contributed by atoms with E-state index in [2.05, 4.69) is 4.74 Å². The van der Waals surface area contributed by atoms with Gasteiger partial charge >= 0.3 is 5.97 Å². The highest BCUT2D eigenvalue weighted by molar-refractivity contribution is 5.69. The summed E-state index contributed by atoms with van der Waals surface area (Å²) in [6.07, 6.45) is 1.08. The summed E-state index contributed by atoms with van der Waals surface area (Å²) in [5.41, 5.74) is 1.97. The van der Waals surface area contributed by atoms with Gasteiger partial charge in [0.15, 0.2) is 0 Å². The molecule has 4 nitrogen and oxygen atoms in total. The second kappa shape index (κ2) is 4.65. The van der Waals surface area contributed by atoms with E-state index >= 15 is 0 Å². The molecule has 0 fully saturated rings. The van der Waals surface area contributed by atoms with E-state index in [-0.39, 0.29) is 23.7 Å². The second-order valence-electron chi connectivity index (χ2n) is 4.35. The van der Waals surface area contributed by atoms with Crippen LogP contribution in [0.4, 0.5) is 5.69 Å². The maximum absolute atomic E-state index is 11.2. The molecule has 1 aliphatic rings. The fraction of sp³-hybridized carbons (Fsp3) is 0.462. The average Bonchev–Trinajstić information content (AvgIpc) is 2.64. The number of fused-ring (bicyclic) bond motifs is 1. The van der Waals surface area contributed by atoms with Gasteiger partial charge in [-0.1, -0.05) is 6.07 Å². The van der Waals surface area contributed by atoms with Gasteiger partial charge in [-0.25, -0.2) is 0 Å². The van der Waals surface area contributed by atoms with Crippen molar-refractivity contribution in [2.24, 2.45) is 0 Å². The van der Waals surface area contributed by atoms with Gasteiger partial charge in [0, 0.05) is 37.7 Å². The number of hydrogen-bond acceptors (Lipinski definition) is 4. The molecule has 17 heavy (non-hydrogen) atoms. The van der Waals surface area contributed by atoms with E-state index in [0.29, 0.717) is 12.8 Å². The number of carbonyl (C=O) groups excluding carboxylic acids is 1. The van der Waals surface area contributed by atoms with Gasteiger partial charge in [-0.3, -0.25) is 4.79 Å². The van der Waals surface area contributed by atoms with Crippen molar-refractivity contribution in [3.8, 4) is 5.75 Å². The van der Waals surface area contributed by atoms with Crippen LogP contribution < -0.4 is 4.90 Å². The van der Waals surface area contributed by atoms with Crippen LogP contribution >= 0.6 is 0 Å². The quantitative estimate of drug-likeness (QED) is 0.814. The van der Waals surface area contributed by atoms with E-state index in [0.717, 1.165) is 17.8 Å². The number of benzene rings is 1. The molecule has 1 heterocycles. The smallest absolute Gasteiger partial charge is 0.305 e. The van der Waals surface area contributed by atoms with E-state index in [1.807, 2.05) is 11.9 Å². The zero-order valence-corrected chi connectivity index (χ0v) is 10.1. The maximum atomic E-state index is 11.2. The third-order valence-corrected chi connectivity index (χ3v) is 3.21. The predicted molar refractivity (Wildman–Crippen MR) is 65.4 cm³/mol. The van der Waals surface area contributed by atoms with Gasteiger partial charge in [0.05, 0.1) is 8.48 Å². The van der Waals surface area contributed by atoms with Crippen molar-refractivity contribution < 1.29 is 16.0 Å². The monoisotopic (exact) mass is 236 g/mol. The van der Waals surface area contributed by atoms with Gasteiger partial charge in [-0.15, -0.1) is 0 Å². The van der Waals surface area contributed by atoms with Crippen LogP contribution in [0.25, 0.3) is 0 Å². The topological polar surface area (TPSA) is 49.8 Å². The summed E-state index contributed by atoms with van der Waals surface area (Å²) in [5, 5.41) is 9.56. The van der Waals surface area contributed by atoms with Crippen molar-refractivity contribution in [3.05, 3.63) is 23.7 Å². The molecule has 0 saturated carbocycles. The molecule has 2 rings (SSSR count). The van der Waals surface area contributed by atoms with Crippen LogP contribution in [-0.2, 0) is 9.53 Å². The van der Waals surface area contributed by atoms with Gasteiger partial charge in [-0.05, 0) is 18.0 Å². The highest BCUT2D eigenvalue weighted by Gasteiger charge is 2.26. The Morgan fingerprint density at radius 3 is 3.24 bits per heavy atom. The lowest BCUT2D eigenvalue weighted by molar-refractivity contribution is -0.140. The number of phenols is 1. The number of phenolic OH excluding ortho intramolecular Hbond substituents is 1. The highest BCUT2D eigenvalue weighted by Crippen LogP contribution is 2.39. The summed E-state index contributed by atoms with van der Waals surface area (Å²) in [5.74, 6) is -0.000929. The fourth-order valence-corrected chi connectivity index (χ4v) is 2.31. The molecule has 1 N–H and O–H groups in total. The van der Waals surface area contributed by atoms with E-state index in [1.165, 1.54) is 7.11 Å². The predicted octanol–water partition coefficient (Wildman–Crippen LogP) is 1.88. The highest BCUT2D eigenvalue weighted by atomic mass is 16.5. The second-order valence-corrected chi connectivity index (χ2v) is 4.35. The molecule has 92 valence electrons. The summed E-state index contributed by atoms with van der Waals surface area (Å²) in [6, 6.07) is 3.44. The summed E-state index contributed by atoms with van der Waals surface area (Å²) < 4.78 is 12.3. The standard InChI is InChI=1S/C13H17NO3/c1-14-8-9(3-6-13(16)17-2)11-5-4-10(15)7-12(11)14/h4-5,7,9,15H,3,6,8H2,1-2H3/i4D. The third kappa shape index (κ3) is 2.35. The zero-order chi connectivity index (χ0) is 13.3. The van der Waals surface area contributed by atoms with E-state index in [9.17, 15) is 9.90 Å². The Bertz CT molecular complexity index is 476. The molecule has 0 amide bonds. The minimum atomic E-state index is -0.212. The number of esters is 1. The first-order valence-electron chi connectivity index (χ1n) is 6.14. The first-order valence-corrected chi connectivity index (χ1v) is 5.64. The first-order chi connectivity index (χ1) is 8.52. The molecular weight excluding hydrogens is 218 g/mol. The Labute approximate surface area is 102 Å². The molecule has 0 saturated heterocycles. The number of aromatic hydroxyl groups is 1. The number of rotatable bonds is 3. The molecule has 1 aromatic carbocycles. The van der Waals surface area contributed by atoms with Gasteiger partial charge in [0.25, 0.3) is 0 Å². The van der Waals surface area contributed by atoms with Gasteiger partial charge in [0.2, 0.25) is 0 Å². The molecule has 0 bridgehead atoms.